The van der Waals surface area contributed by atoms with Crippen molar-refractivity contribution < 1.29 is 9.67 Å². The number of hydrogen-bond donors (Lipinski definition) is 2. The SMILES string of the molecule is CP(C)(=O)c1cc(O)ccc1N. The summed E-state index contributed by atoms with van der Waals surface area (Å²) in [5, 5.41) is 9.67. The third-order valence-electron chi connectivity index (χ3n) is 1.59. The number of benzene rings is 1. The molecule has 4 heteroatoms. The number of phenolic OH excluding ortho intramolecular Hbond substituents is 1. The molecule has 0 unspecified atom stereocenters. The lowest BCUT2D eigenvalue weighted by atomic mass is 10.3. The van der Waals surface area contributed by atoms with Gasteiger partial charge < -0.3 is 15.4 Å². The van der Waals surface area contributed by atoms with Gasteiger partial charge in [0.15, 0.2) is 0 Å². The highest BCUT2D eigenvalue weighted by Gasteiger charge is 2.14. The smallest absolute Gasteiger partial charge is 0.116 e. The van der Waals surface area contributed by atoms with E-state index in [1.54, 1.807) is 19.4 Å². The average Bonchev–Trinajstić information content (AvgIpc) is 1.92. The first-order valence-corrected chi connectivity index (χ1v) is 6.15. The molecule has 0 bridgehead atoms. The Balaban J connectivity index is 3.33. The molecule has 1 rings (SSSR count). The highest BCUT2D eigenvalue weighted by Crippen LogP contribution is 2.37. The van der Waals surface area contributed by atoms with Crippen LogP contribution in [0.5, 0.6) is 5.75 Å². The summed E-state index contributed by atoms with van der Waals surface area (Å²) in [5.41, 5.74) is 6.07. The minimum Gasteiger partial charge on any atom is -0.508 e. The van der Waals surface area contributed by atoms with Gasteiger partial charge in [-0.3, -0.25) is 0 Å². The molecular formula is C8H12NO2P. The van der Waals surface area contributed by atoms with Crippen LogP contribution in [0.25, 0.3) is 0 Å². The summed E-state index contributed by atoms with van der Waals surface area (Å²) in [4.78, 5) is 0. The molecule has 0 heterocycles. The number of hydrogen-bond acceptors (Lipinski definition) is 3. The van der Waals surface area contributed by atoms with Crippen LogP contribution in [-0.2, 0) is 4.57 Å². The summed E-state index contributed by atoms with van der Waals surface area (Å²) in [5.74, 6) is 0.100. The molecule has 0 aromatic heterocycles. The van der Waals surface area contributed by atoms with Crippen molar-refractivity contribution in [3.63, 3.8) is 0 Å². The molecule has 0 aliphatic heterocycles. The monoisotopic (exact) mass is 185 g/mol. The Bertz CT molecular complexity index is 343. The number of aromatic hydroxyl groups is 1. The van der Waals surface area contributed by atoms with Gasteiger partial charge in [0, 0.05) is 11.0 Å². The van der Waals surface area contributed by atoms with E-state index in [-0.39, 0.29) is 5.75 Å². The molecule has 3 nitrogen and oxygen atoms in total. The molecule has 0 radical (unpaired) electrons. The lowest BCUT2D eigenvalue weighted by Gasteiger charge is -2.09. The van der Waals surface area contributed by atoms with Gasteiger partial charge in [0.05, 0.1) is 0 Å². The molecule has 0 atom stereocenters. The second kappa shape index (κ2) is 2.83. The first kappa shape index (κ1) is 9.14. The molecule has 0 spiro atoms. The summed E-state index contributed by atoms with van der Waals surface area (Å²) >= 11 is 0. The average molecular weight is 185 g/mol. The molecule has 3 N–H and O–H groups in total. The normalized spacial score (nSPS) is 11.5. The maximum absolute atomic E-state index is 11.6. The van der Waals surface area contributed by atoms with Crippen LogP contribution in [0.4, 0.5) is 5.69 Å². The standard InChI is InChI=1S/C8H12NO2P/c1-12(2,11)8-5-6(10)3-4-7(8)9/h3-5,10H,9H2,1-2H3. The zero-order chi connectivity index (χ0) is 9.35. The molecule has 12 heavy (non-hydrogen) atoms. The van der Waals surface area contributed by atoms with E-state index in [0.717, 1.165) is 0 Å². The van der Waals surface area contributed by atoms with Gasteiger partial charge in [0.1, 0.15) is 12.9 Å². The Morgan fingerprint density at radius 2 is 2.00 bits per heavy atom. The Labute approximate surface area is 71.6 Å². The molecule has 0 aliphatic carbocycles. The highest BCUT2D eigenvalue weighted by atomic mass is 31.2. The topological polar surface area (TPSA) is 63.3 Å². The first-order chi connectivity index (χ1) is 5.41. The molecule has 0 amide bonds. The van der Waals surface area contributed by atoms with Crippen LogP contribution in [0, 0.1) is 0 Å². The van der Waals surface area contributed by atoms with Crippen molar-refractivity contribution in [3.8, 4) is 5.75 Å². The van der Waals surface area contributed by atoms with Crippen molar-refractivity contribution in [1.82, 2.24) is 0 Å². The number of anilines is 1. The van der Waals surface area contributed by atoms with E-state index < -0.39 is 7.14 Å². The summed E-state index contributed by atoms with van der Waals surface area (Å²) in [6, 6.07) is 4.49. The lowest BCUT2D eigenvalue weighted by Crippen LogP contribution is -2.08. The van der Waals surface area contributed by atoms with Crippen molar-refractivity contribution in [3.05, 3.63) is 18.2 Å². The summed E-state index contributed by atoms with van der Waals surface area (Å²) < 4.78 is 11.6. The van der Waals surface area contributed by atoms with Gasteiger partial charge in [-0.25, -0.2) is 0 Å². The van der Waals surface area contributed by atoms with Crippen LogP contribution < -0.4 is 11.0 Å². The Morgan fingerprint density at radius 3 is 2.42 bits per heavy atom. The lowest BCUT2D eigenvalue weighted by molar-refractivity contribution is 0.476. The van der Waals surface area contributed by atoms with Crippen molar-refractivity contribution >= 4 is 18.1 Å². The third kappa shape index (κ3) is 1.80. The molecule has 1 aromatic rings. The fourth-order valence-electron chi connectivity index (χ4n) is 0.998. The fourth-order valence-corrected chi connectivity index (χ4v) is 2.14. The Kier molecular flexibility index (Phi) is 2.16. The third-order valence-corrected chi connectivity index (χ3v) is 3.14. The van der Waals surface area contributed by atoms with E-state index in [1.165, 1.54) is 12.1 Å². The maximum atomic E-state index is 11.6. The number of nitrogens with two attached hydrogens (primary N) is 1. The van der Waals surface area contributed by atoms with E-state index in [1.807, 2.05) is 0 Å². The molecule has 0 aliphatic rings. The van der Waals surface area contributed by atoms with Gasteiger partial charge in [-0.05, 0) is 31.5 Å². The first-order valence-electron chi connectivity index (χ1n) is 3.55. The van der Waals surface area contributed by atoms with Crippen LogP contribution in [-0.4, -0.2) is 18.4 Å². The molecule has 0 saturated carbocycles. The highest BCUT2D eigenvalue weighted by molar-refractivity contribution is 7.70. The second-order valence-corrected chi connectivity index (χ2v) is 6.28. The van der Waals surface area contributed by atoms with Crippen LogP contribution in [0.1, 0.15) is 0 Å². The molecule has 0 saturated heterocycles. The van der Waals surface area contributed by atoms with E-state index in [2.05, 4.69) is 0 Å². The van der Waals surface area contributed by atoms with Crippen LogP contribution in [0.2, 0.25) is 0 Å². The van der Waals surface area contributed by atoms with Gasteiger partial charge in [0.2, 0.25) is 0 Å². The second-order valence-electron chi connectivity index (χ2n) is 3.09. The number of rotatable bonds is 1. The van der Waals surface area contributed by atoms with Gasteiger partial charge in [-0.15, -0.1) is 0 Å². The molecule has 1 aromatic carbocycles. The molecular weight excluding hydrogens is 173 g/mol. The quantitative estimate of drug-likeness (QED) is 0.393. The minimum atomic E-state index is -2.37. The van der Waals surface area contributed by atoms with Crippen molar-refractivity contribution in [2.75, 3.05) is 19.1 Å². The summed E-state index contributed by atoms with van der Waals surface area (Å²) in [6.45, 7) is 3.25. The van der Waals surface area contributed by atoms with Gasteiger partial charge in [-0.2, -0.15) is 0 Å². The van der Waals surface area contributed by atoms with E-state index in [9.17, 15) is 4.57 Å². The predicted octanol–water partition coefficient (Wildman–Crippen LogP) is 1.22. The zero-order valence-corrected chi connectivity index (χ0v) is 8.01. The van der Waals surface area contributed by atoms with E-state index >= 15 is 0 Å². The van der Waals surface area contributed by atoms with Crippen LogP contribution in [0.15, 0.2) is 18.2 Å². The van der Waals surface area contributed by atoms with Gasteiger partial charge in [0.25, 0.3) is 0 Å². The number of nitrogen functional groups attached to an aromatic ring is 1. The maximum Gasteiger partial charge on any atom is 0.116 e. The van der Waals surface area contributed by atoms with Crippen molar-refractivity contribution in [2.45, 2.75) is 0 Å². The number of phenols is 1. The van der Waals surface area contributed by atoms with Gasteiger partial charge in [-0.1, -0.05) is 0 Å². The van der Waals surface area contributed by atoms with Crippen molar-refractivity contribution in [2.24, 2.45) is 0 Å². The molecule has 0 fully saturated rings. The largest absolute Gasteiger partial charge is 0.508 e. The Morgan fingerprint density at radius 1 is 1.42 bits per heavy atom. The van der Waals surface area contributed by atoms with Crippen LogP contribution >= 0.6 is 7.14 Å². The molecule has 66 valence electrons. The van der Waals surface area contributed by atoms with E-state index in [4.69, 9.17) is 10.8 Å². The summed E-state index contributed by atoms with van der Waals surface area (Å²) in [7, 11) is -2.37. The summed E-state index contributed by atoms with van der Waals surface area (Å²) in [6.07, 6.45) is 0. The fraction of sp³-hybridized carbons (Fsp3) is 0.250. The van der Waals surface area contributed by atoms with Crippen molar-refractivity contribution in [1.29, 1.82) is 0 Å². The van der Waals surface area contributed by atoms with E-state index in [0.29, 0.717) is 11.0 Å². The predicted molar refractivity (Wildman–Crippen MR) is 51.6 cm³/mol. The van der Waals surface area contributed by atoms with Crippen LogP contribution in [0.3, 0.4) is 0 Å². The van der Waals surface area contributed by atoms with Gasteiger partial charge >= 0.3 is 0 Å². The Hall–Kier alpha value is -0.950. The minimum absolute atomic E-state index is 0.100. The zero-order valence-electron chi connectivity index (χ0n) is 7.11.